The molecule has 0 radical (unpaired) electrons. The Labute approximate surface area is 95.9 Å². The standard InChI is InChI=1S/C10H11NO6/c12-4-6(10(16)17)11-9(15)5-1-2-7(13)8(14)3-5/h1-3,6,12-14H,4H2,(H,11,15)(H,16,17). The Balaban J connectivity index is 2.82. The highest BCUT2D eigenvalue weighted by Gasteiger charge is 2.19. The van der Waals surface area contributed by atoms with E-state index in [1.807, 2.05) is 5.32 Å². The number of carbonyl (C=O) groups is 2. The van der Waals surface area contributed by atoms with Crippen LogP contribution in [0.1, 0.15) is 10.4 Å². The third kappa shape index (κ3) is 3.08. The van der Waals surface area contributed by atoms with Crippen molar-refractivity contribution in [3.8, 4) is 11.5 Å². The number of carbonyl (C=O) groups excluding carboxylic acids is 1. The summed E-state index contributed by atoms with van der Waals surface area (Å²) in [5, 5.41) is 37.5. The van der Waals surface area contributed by atoms with E-state index in [2.05, 4.69) is 0 Å². The summed E-state index contributed by atoms with van der Waals surface area (Å²) >= 11 is 0. The summed E-state index contributed by atoms with van der Waals surface area (Å²) in [7, 11) is 0. The molecule has 17 heavy (non-hydrogen) atoms. The molecule has 1 amide bonds. The summed E-state index contributed by atoms with van der Waals surface area (Å²) < 4.78 is 0. The minimum atomic E-state index is -1.42. The second-order valence-electron chi connectivity index (χ2n) is 3.25. The molecule has 1 atom stereocenters. The highest BCUT2D eigenvalue weighted by molar-refractivity contribution is 5.97. The number of hydrogen-bond acceptors (Lipinski definition) is 5. The third-order valence-corrected chi connectivity index (χ3v) is 2.02. The van der Waals surface area contributed by atoms with Crippen molar-refractivity contribution in [1.82, 2.24) is 5.32 Å². The van der Waals surface area contributed by atoms with Gasteiger partial charge in [-0.1, -0.05) is 0 Å². The van der Waals surface area contributed by atoms with E-state index in [4.69, 9.17) is 20.4 Å². The maximum absolute atomic E-state index is 11.5. The highest BCUT2D eigenvalue weighted by atomic mass is 16.4. The lowest BCUT2D eigenvalue weighted by Crippen LogP contribution is -2.43. The fourth-order valence-electron chi connectivity index (χ4n) is 1.09. The lowest BCUT2D eigenvalue weighted by molar-refractivity contribution is -0.140. The molecule has 0 saturated carbocycles. The average Bonchev–Trinajstić information content (AvgIpc) is 2.28. The van der Waals surface area contributed by atoms with E-state index < -0.39 is 36.0 Å². The summed E-state index contributed by atoms with van der Waals surface area (Å²) in [5.41, 5.74) is -0.0278. The van der Waals surface area contributed by atoms with Crippen LogP contribution in [0, 0.1) is 0 Å². The molecule has 5 N–H and O–H groups in total. The van der Waals surface area contributed by atoms with Crippen LogP contribution in [0.15, 0.2) is 18.2 Å². The first-order valence-corrected chi connectivity index (χ1v) is 4.62. The third-order valence-electron chi connectivity index (χ3n) is 2.02. The van der Waals surface area contributed by atoms with Gasteiger partial charge < -0.3 is 25.7 Å². The van der Waals surface area contributed by atoms with Gasteiger partial charge in [-0.3, -0.25) is 4.79 Å². The lowest BCUT2D eigenvalue weighted by atomic mass is 10.1. The van der Waals surface area contributed by atoms with Crippen LogP contribution in [0.5, 0.6) is 11.5 Å². The van der Waals surface area contributed by atoms with Crippen LogP contribution in [0.4, 0.5) is 0 Å². The number of phenolic OH excluding ortho intramolecular Hbond substituents is 2. The van der Waals surface area contributed by atoms with E-state index >= 15 is 0 Å². The highest BCUT2D eigenvalue weighted by Crippen LogP contribution is 2.24. The number of aliphatic hydroxyl groups is 1. The predicted molar refractivity (Wildman–Crippen MR) is 55.7 cm³/mol. The number of hydrogen-bond donors (Lipinski definition) is 5. The van der Waals surface area contributed by atoms with Crippen LogP contribution in [-0.4, -0.2) is 45.0 Å². The minimum absolute atomic E-state index is 0.0278. The summed E-state index contributed by atoms with van der Waals surface area (Å²) in [6.45, 7) is -0.745. The van der Waals surface area contributed by atoms with Crippen LogP contribution < -0.4 is 5.32 Å². The molecular weight excluding hydrogens is 230 g/mol. The van der Waals surface area contributed by atoms with E-state index in [1.165, 1.54) is 6.07 Å². The van der Waals surface area contributed by atoms with Gasteiger partial charge in [-0.15, -0.1) is 0 Å². The number of aromatic hydroxyl groups is 2. The Morgan fingerprint density at radius 1 is 1.24 bits per heavy atom. The van der Waals surface area contributed by atoms with Crippen LogP contribution in [0.25, 0.3) is 0 Å². The number of nitrogens with one attached hydrogen (secondary N) is 1. The Morgan fingerprint density at radius 2 is 1.88 bits per heavy atom. The largest absolute Gasteiger partial charge is 0.504 e. The van der Waals surface area contributed by atoms with Crippen molar-refractivity contribution < 1.29 is 30.0 Å². The van der Waals surface area contributed by atoms with Gasteiger partial charge in [0.1, 0.15) is 0 Å². The molecule has 0 heterocycles. The number of benzene rings is 1. The van der Waals surface area contributed by atoms with Crippen molar-refractivity contribution in [2.24, 2.45) is 0 Å². The van der Waals surface area contributed by atoms with Crippen LogP contribution in [0.3, 0.4) is 0 Å². The molecule has 0 aliphatic heterocycles. The van der Waals surface area contributed by atoms with E-state index in [-0.39, 0.29) is 5.56 Å². The molecule has 1 aromatic rings. The second kappa shape index (κ2) is 5.17. The van der Waals surface area contributed by atoms with Crippen molar-refractivity contribution >= 4 is 11.9 Å². The Hall–Kier alpha value is -2.28. The smallest absolute Gasteiger partial charge is 0.328 e. The molecule has 0 saturated heterocycles. The van der Waals surface area contributed by atoms with E-state index in [9.17, 15) is 9.59 Å². The van der Waals surface area contributed by atoms with Crippen LogP contribution in [0.2, 0.25) is 0 Å². The molecule has 92 valence electrons. The fraction of sp³-hybridized carbons (Fsp3) is 0.200. The molecular formula is C10H11NO6. The fourth-order valence-corrected chi connectivity index (χ4v) is 1.09. The summed E-state index contributed by atoms with van der Waals surface area (Å²) in [6.07, 6.45) is 0. The van der Waals surface area contributed by atoms with Gasteiger partial charge in [0.05, 0.1) is 6.61 Å². The molecule has 0 aliphatic carbocycles. The summed E-state index contributed by atoms with van der Waals surface area (Å²) in [5.74, 6) is -3.03. The SMILES string of the molecule is O=C(NC(CO)C(=O)O)c1ccc(O)c(O)c1. The molecule has 1 rings (SSSR count). The molecule has 0 aliphatic rings. The first kappa shape index (κ1) is 12.8. The Morgan fingerprint density at radius 3 is 2.35 bits per heavy atom. The van der Waals surface area contributed by atoms with E-state index in [0.717, 1.165) is 12.1 Å². The predicted octanol–water partition coefficient (Wildman–Crippen LogP) is -0.727. The summed E-state index contributed by atoms with van der Waals surface area (Å²) in [4.78, 5) is 22.1. The zero-order chi connectivity index (χ0) is 13.0. The quantitative estimate of drug-likeness (QED) is 0.442. The summed E-state index contributed by atoms with van der Waals surface area (Å²) in [6, 6.07) is 1.87. The van der Waals surface area contributed by atoms with Gasteiger partial charge in [0.2, 0.25) is 0 Å². The van der Waals surface area contributed by atoms with E-state index in [1.54, 1.807) is 0 Å². The van der Waals surface area contributed by atoms with Gasteiger partial charge in [-0.05, 0) is 18.2 Å². The number of rotatable bonds is 4. The minimum Gasteiger partial charge on any atom is -0.504 e. The zero-order valence-corrected chi connectivity index (χ0v) is 8.62. The van der Waals surface area contributed by atoms with Gasteiger partial charge in [-0.2, -0.15) is 0 Å². The van der Waals surface area contributed by atoms with Crippen molar-refractivity contribution in [2.45, 2.75) is 6.04 Å². The molecule has 0 spiro atoms. The molecule has 7 heteroatoms. The number of amides is 1. The topological polar surface area (TPSA) is 127 Å². The monoisotopic (exact) mass is 241 g/mol. The number of carboxylic acid groups (broad SMARTS) is 1. The molecule has 7 nitrogen and oxygen atoms in total. The van der Waals surface area contributed by atoms with Crippen molar-refractivity contribution in [2.75, 3.05) is 6.61 Å². The van der Waals surface area contributed by atoms with Gasteiger partial charge in [-0.25, -0.2) is 4.79 Å². The Kier molecular flexibility index (Phi) is 3.89. The Bertz CT molecular complexity index is 444. The lowest BCUT2D eigenvalue weighted by Gasteiger charge is -2.11. The molecule has 0 bridgehead atoms. The number of aliphatic hydroxyl groups excluding tert-OH is 1. The molecule has 0 aromatic heterocycles. The van der Waals surface area contributed by atoms with Gasteiger partial charge in [0.25, 0.3) is 5.91 Å². The van der Waals surface area contributed by atoms with Crippen LogP contribution in [-0.2, 0) is 4.79 Å². The maximum atomic E-state index is 11.5. The zero-order valence-electron chi connectivity index (χ0n) is 8.62. The van der Waals surface area contributed by atoms with Gasteiger partial charge in [0, 0.05) is 5.56 Å². The van der Waals surface area contributed by atoms with Crippen molar-refractivity contribution in [1.29, 1.82) is 0 Å². The van der Waals surface area contributed by atoms with E-state index in [0.29, 0.717) is 0 Å². The second-order valence-corrected chi connectivity index (χ2v) is 3.25. The molecule has 1 unspecified atom stereocenters. The van der Waals surface area contributed by atoms with Gasteiger partial charge >= 0.3 is 5.97 Å². The van der Waals surface area contributed by atoms with Crippen molar-refractivity contribution in [3.05, 3.63) is 23.8 Å². The molecule has 0 fully saturated rings. The number of phenols is 2. The number of carboxylic acids is 1. The number of aliphatic carboxylic acids is 1. The first-order valence-electron chi connectivity index (χ1n) is 4.62. The maximum Gasteiger partial charge on any atom is 0.328 e. The normalized spacial score (nSPS) is 11.8. The van der Waals surface area contributed by atoms with Gasteiger partial charge in [0.15, 0.2) is 17.5 Å². The molecule has 1 aromatic carbocycles. The first-order chi connectivity index (χ1) is 7.95. The van der Waals surface area contributed by atoms with Crippen LogP contribution >= 0.6 is 0 Å². The van der Waals surface area contributed by atoms with Crippen molar-refractivity contribution in [3.63, 3.8) is 0 Å². The average molecular weight is 241 g/mol.